The average molecular weight is 275 g/mol. The molecule has 0 saturated carbocycles. The molecule has 20 heavy (non-hydrogen) atoms. The fraction of sp³-hybridized carbons (Fsp3) is 0.467. The first-order valence-corrected chi connectivity index (χ1v) is 6.90. The molecule has 1 N–H and O–H groups in total. The highest BCUT2D eigenvalue weighted by atomic mass is 16.2. The number of piperazine rings is 1. The largest absolute Gasteiger partial charge is 0.338 e. The van der Waals surface area contributed by atoms with Crippen molar-refractivity contribution >= 4 is 11.8 Å². The van der Waals surface area contributed by atoms with Gasteiger partial charge in [-0.1, -0.05) is 17.7 Å². The van der Waals surface area contributed by atoms with Gasteiger partial charge in [0.25, 0.3) is 5.91 Å². The molecule has 1 aromatic carbocycles. The van der Waals surface area contributed by atoms with E-state index >= 15 is 0 Å². The van der Waals surface area contributed by atoms with E-state index < -0.39 is 0 Å². The Balaban J connectivity index is 1.92. The maximum atomic E-state index is 12.3. The number of amides is 2. The molecule has 0 aromatic heterocycles. The quantitative estimate of drug-likeness (QED) is 0.874. The van der Waals surface area contributed by atoms with Crippen molar-refractivity contribution in [2.75, 3.05) is 39.8 Å². The molecule has 1 aliphatic rings. The predicted molar refractivity (Wildman–Crippen MR) is 77.6 cm³/mol. The van der Waals surface area contributed by atoms with E-state index in [0.717, 1.165) is 5.56 Å². The Kier molecular flexibility index (Phi) is 4.74. The van der Waals surface area contributed by atoms with Crippen LogP contribution in [0, 0.1) is 6.92 Å². The van der Waals surface area contributed by atoms with Gasteiger partial charge in [-0.05, 0) is 26.1 Å². The molecule has 0 spiro atoms. The summed E-state index contributed by atoms with van der Waals surface area (Å²) in [6.07, 6.45) is 0. The summed E-state index contributed by atoms with van der Waals surface area (Å²) >= 11 is 0. The SMILES string of the molecule is CNCC(=O)N1CCN(C(=O)c2ccc(C)cc2)CC1. The van der Waals surface area contributed by atoms with Crippen LogP contribution in [0.15, 0.2) is 24.3 Å². The summed E-state index contributed by atoms with van der Waals surface area (Å²) in [7, 11) is 1.76. The first-order chi connectivity index (χ1) is 9.61. The summed E-state index contributed by atoms with van der Waals surface area (Å²) < 4.78 is 0. The molecule has 5 heteroatoms. The van der Waals surface area contributed by atoms with Crippen molar-refractivity contribution in [2.45, 2.75) is 6.92 Å². The predicted octanol–water partition coefficient (Wildman–Crippen LogP) is 0.499. The van der Waals surface area contributed by atoms with Crippen molar-refractivity contribution in [3.63, 3.8) is 0 Å². The van der Waals surface area contributed by atoms with Crippen molar-refractivity contribution < 1.29 is 9.59 Å². The van der Waals surface area contributed by atoms with Crippen molar-refractivity contribution in [3.8, 4) is 0 Å². The fourth-order valence-corrected chi connectivity index (χ4v) is 2.30. The van der Waals surface area contributed by atoms with Gasteiger partial charge in [-0.2, -0.15) is 0 Å². The number of likely N-dealkylation sites (N-methyl/N-ethyl adjacent to an activating group) is 1. The van der Waals surface area contributed by atoms with E-state index in [1.54, 1.807) is 11.9 Å². The maximum Gasteiger partial charge on any atom is 0.253 e. The number of carbonyl (C=O) groups excluding carboxylic acids is 2. The molecule has 1 aromatic rings. The lowest BCUT2D eigenvalue weighted by atomic mass is 10.1. The normalized spacial score (nSPS) is 15.3. The van der Waals surface area contributed by atoms with Crippen LogP contribution in [-0.4, -0.2) is 61.4 Å². The summed E-state index contributed by atoms with van der Waals surface area (Å²) in [5, 5.41) is 2.86. The van der Waals surface area contributed by atoms with Gasteiger partial charge in [0.05, 0.1) is 6.54 Å². The lowest BCUT2D eigenvalue weighted by Crippen LogP contribution is -2.52. The van der Waals surface area contributed by atoms with Crippen LogP contribution in [-0.2, 0) is 4.79 Å². The van der Waals surface area contributed by atoms with Gasteiger partial charge in [0, 0.05) is 31.7 Å². The summed E-state index contributed by atoms with van der Waals surface area (Å²) in [6.45, 7) is 4.77. The molecule has 0 bridgehead atoms. The van der Waals surface area contributed by atoms with Crippen molar-refractivity contribution in [2.24, 2.45) is 0 Å². The van der Waals surface area contributed by atoms with Crippen molar-refractivity contribution in [1.82, 2.24) is 15.1 Å². The minimum absolute atomic E-state index is 0.0470. The summed E-state index contributed by atoms with van der Waals surface area (Å²) in [6, 6.07) is 7.60. The zero-order valence-electron chi connectivity index (χ0n) is 12.1. The Morgan fingerprint density at radius 1 is 1.05 bits per heavy atom. The highest BCUT2D eigenvalue weighted by Crippen LogP contribution is 2.10. The molecule has 108 valence electrons. The van der Waals surface area contributed by atoms with Gasteiger partial charge in [-0.3, -0.25) is 9.59 Å². The Hall–Kier alpha value is -1.88. The van der Waals surface area contributed by atoms with E-state index in [9.17, 15) is 9.59 Å². The number of hydrogen-bond donors (Lipinski definition) is 1. The van der Waals surface area contributed by atoms with Crippen molar-refractivity contribution in [1.29, 1.82) is 0 Å². The zero-order valence-corrected chi connectivity index (χ0v) is 12.1. The van der Waals surface area contributed by atoms with Gasteiger partial charge in [0.2, 0.25) is 5.91 Å². The average Bonchev–Trinajstić information content (AvgIpc) is 2.48. The first kappa shape index (κ1) is 14.5. The van der Waals surface area contributed by atoms with E-state index in [1.807, 2.05) is 36.1 Å². The van der Waals surface area contributed by atoms with Gasteiger partial charge in [0.1, 0.15) is 0 Å². The molecule has 2 amide bonds. The molecule has 1 heterocycles. The van der Waals surface area contributed by atoms with Crippen LogP contribution in [0.4, 0.5) is 0 Å². The second kappa shape index (κ2) is 6.52. The van der Waals surface area contributed by atoms with Crippen LogP contribution in [0.2, 0.25) is 0 Å². The number of rotatable bonds is 3. The number of nitrogens with zero attached hydrogens (tertiary/aromatic N) is 2. The van der Waals surface area contributed by atoms with Crippen LogP contribution in [0.5, 0.6) is 0 Å². The molecule has 2 rings (SSSR count). The first-order valence-electron chi connectivity index (χ1n) is 6.90. The number of benzene rings is 1. The van der Waals surface area contributed by atoms with Gasteiger partial charge in [-0.25, -0.2) is 0 Å². The molecule has 0 atom stereocenters. The molecule has 0 radical (unpaired) electrons. The van der Waals surface area contributed by atoms with Crippen LogP contribution < -0.4 is 5.32 Å². The second-order valence-corrected chi connectivity index (χ2v) is 5.07. The molecule has 1 fully saturated rings. The lowest BCUT2D eigenvalue weighted by Gasteiger charge is -2.34. The number of aryl methyl sites for hydroxylation is 1. The third-order valence-corrected chi connectivity index (χ3v) is 3.55. The van der Waals surface area contributed by atoms with E-state index in [0.29, 0.717) is 38.3 Å². The van der Waals surface area contributed by atoms with Gasteiger partial charge < -0.3 is 15.1 Å². The molecule has 1 saturated heterocycles. The molecule has 1 aliphatic heterocycles. The molecule has 5 nitrogen and oxygen atoms in total. The third kappa shape index (κ3) is 3.36. The Bertz CT molecular complexity index is 476. The van der Waals surface area contributed by atoms with Crippen LogP contribution >= 0.6 is 0 Å². The third-order valence-electron chi connectivity index (χ3n) is 3.55. The minimum Gasteiger partial charge on any atom is -0.338 e. The topological polar surface area (TPSA) is 52.7 Å². The maximum absolute atomic E-state index is 12.3. The van der Waals surface area contributed by atoms with Crippen molar-refractivity contribution in [3.05, 3.63) is 35.4 Å². The number of hydrogen-bond acceptors (Lipinski definition) is 3. The van der Waals surface area contributed by atoms with Gasteiger partial charge in [-0.15, -0.1) is 0 Å². The standard InChI is InChI=1S/C15H21N3O2/c1-12-3-5-13(6-4-12)15(20)18-9-7-17(8-10-18)14(19)11-16-2/h3-6,16H,7-11H2,1-2H3. The van der Waals surface area contributed by atoms with E-state index in [2.05, 4.69) is 5.32 Å². The Labute approximate surface area is 119 Å². The monoisotopic (exact) mass is 275 g/mol. The molecular weight excluding hydrogens is 254 g/mol. The van der Waals surface area contributed by atoms with E-state index in [1.165, 1.54) is 0 Å². The summed E-state index contributed by atoms with van der Waals surface area (Å²) in [5.41, 5.74) is 1.86. The zero-order chi connectivity index (χ0) is 14.5. The Morgan fingerprint density at radius 3 is 2.15 bits per heavy atom. The summed E-state index contributed by atoms with van der Waals surface area (Å²) in [5.74, 6) is 0.139. The highest BCUT2D eigenvalue weighted by Gasteiger charge is 2.24. The van der Waals surface area contributed by atoms with Gasteiger partial charge >= 0.3 is 0 Å². The molecule has 0 unspecified atom stereocenters. The summed E-state index contributed by atoms with van der Waals surface area (Å²) in [4.78, 5) is 27.7. The van der Waals surface area contributed by atoms with Crippen LogP contribution in [0.3, 0.4) is 0 Å². The molecule has 0 aliphatic carbocycles. The second-order valence-electron chi connectivity index (χ2n) is 5.07. The Morgan fingerprint density at radius 2 is 1.60 bits per heavy atom. The van der Waals surface area contributed by atoms with E-state index in [4.69, 9.17) is 0 Å². The molecular formula is C15H21N3O2. The van der Waals surface area contributed by atoms with Crippen LogP contribution in [0.1, 0.15) is 15.9 Å². The smallest absolute Gasteiger partial charge is 0.253 e. The fourth-order valence-electron chi connectivity index (χ4n) is 2.30. The number of nitrogens with one attached hydrogen (secondary N) is 1. The van der Waals surface area contributed by atoms with Crippen LogP contribution in [0.25, 0.3) is 0 Å². The van der Waals surface area contributed by atoms with Gasteiger partial charge in [0.15, 0.2) is 0 Å². The highest BCUT2D eigenvalue weighted by molar-refractivity contribution is 5.94. The van der Waals surface area contributed by atoms with E-state index in [-0.39, 0.29) is 11.8 Å². The number of carbonyl (C=O) groups is 2. The lowest BCUT2D eigenvalue weighted by molar-refractivity contribution is -0.131. The minimum atomic E-state index is 0.0470.